The Balaban J connectivity index is 1.43. The summed E-state index contributed by atoms with van der Waals surface area (Å²) in [6.07, 6.45) is 4.55. The summed E-state index contributed by atoms with van der Waals surface area (Å²) in [5.41, 5.74) is 2.69. The molecule has 2 aliphatic rings. The van der Waals surface area contributed by atoms with E-state index in [4.69, 9.17) is 0 Å². The fourth-order valence-corrected chi connectivity index (χ4v) is 3.97. The number of benzene rings is 1. The van der Waals surface area contributed by atoms with Crippen LogP contribution in [0, 0.1) is 16.3 Å². The molecule has 0 N–H and O–H groups in total. The molecule has 1 saturated carbocycles. The minimum Gasteiger partial charge on any atom is -0.353 e. The molecule has 1 saturated heterocycles. The number of piperazine rings is 1. The first-order chi connectivity index (χ1) is 12.5. The smallest absolute Gasteiger partial charge is 0.256 e. The van der Waals surface area contributed by atoms with E-state index in [0.717, 1.165) is 9.39 Å². The van der Waals surface area contributed by atoms with Crippen molar-refractivity contribution in [3.63, 3.8) is 0 Å². The Morgan fingerprint density at radius 2 is 1.92 bits per heavy atom. The van der Waals surface area contributed by atoms with Crippen molar-refractivity contribution in [2.75, 3.05) is 31.1 Å². The van der Waals surface area contributed by atoms with E-state index in [1.807, 2.05) is 28.8 Å². The highest BCUT2D eigenvalue weighted by Crippen LogP contribution is 2.40. The summed E-state index contributed by atoms with van der Waals surface area (Å²) in [7, 11) is 0. The van der Waals surface area contributed by atoms with E-state index in [1.165, 1.54) is 30.0 Å². The Morgan fingerprint density at radius 3 is 2.54 bits per heavy atom. The first-order valence-corrected chi connectivity index (χ1v) is 10.1. The van der Waals surface area contributed by atoms with E-state index in [-0.39, 0.29) is 11.5 Å². The van der Waals surface area contributed by atoms with Crippen molar-refractivity contribution in [3.8, 4) is 0 Å². The van der Waals surface area contributed by atoms with E-state index in [9.17, 15) is 9.18 Å². The van der Waals surface area contributed by atoms with Crippen LogP contribution in [0.3, 0.4) is 0 Å². The van der Waals surface area contributed by atoms with Crippen LogP contribution < -0.4 is 4.90 Å². The standard InChI is InChI=1S/C20H21FIN3O/c1-13-10-15(14-2-3-14)12-23-19(13)24-6-8-25(9-7-24)20(26)17-5-4-16(22)11-18(17)21/h4-5,10-12,14H,2-3,6-9H2,1H3. The average molecular weight is 465 g/mol. The van der Waals surface area contributed by atoms with E-state index in [0.29, 0.717) is 32.1 Å². The Kier molecular flexibility index (Phi) is 4.86. The Bertz CT molecular complexity index is 845. The van der Waals surface area contributed by atoms with Gasteiger partial charge in [-0.05, 0) is 77.6 Å². The Hall–Kier alpha value is -1.70. The van der Waals surface area contributed by atoms with Crippen LogP contribution in [0.2, 0.25) is 0 Å². The molecule has 2 heterocycles. The summed E-state index contributed by atoms with van der Waals surface area (Å²) < 4.78 is 14.9. The molecule has 2 aromatic rings. The molecule has 1 aromatic carbocycles. The van der Waals surface area contributed by atoms with Crippen LogP contribution in [0.1, 0.15) is 40.2 Å². The van der Waals surface area contributed by atoms with Crippen molar-refractivity contribution in [2.24, 2.45) is 0 Å². The monoisotopic (exact) mass is 465 g/mol. The number of carbonyl (C=O) groups excluding carboxylic acids is 1. The predicted molar refractivity (Wildman–Crippen MR) is 108 cm³/mol. The van der Waals surface area contributed by atoms with Gasteiger partial charge in [0.25, 0.3) is 5.91 Å². The molecular weight excluding hydrogens is 444 g/mol. The Labute approximate surface area is 166 Å². The number of pyridine rings is 1. The topological polar surface area (TPSA) is 36.4 Å². The van der Waals surface area contributed by atoms with E-state index in [2.05, 4.69) is 22.9 Å². The first-order valence-electron chi connectivity index (χ1n) is 8.99. The summed E-state index contributed by atoms with van der Waals surface area (Å²) in [6.45, 7) is 4.70. The molecule has 0 unspecified atom stereocenters. The van der Waals surface area contributed by atoms with Gasteiger partial charge in [0.2, 0.25) is 0 Å². The van der Waals surface area contributed by atoms with Crippen molar-refractivity contribution in [3.05, 3.63) is 56.5 Å². The zero-order valence-electron chi connectivity index (χ0n) is 14.7. The highest BCUT2D eigenvalue weighted by atomic mass is 127. The van der Waals surface area contributed by atoms with Gasteiger partial charge in [-0.15, -0.1) is 0 Å². The van der Waals surface area contributed by atoms with Gasteiger partial charge in [-0.25, -0.2) is 9.37 Å². The molecular formula is C20H21FIN3O. The predicted octanol–water partition coefficient (Wildman–Crippen LogP) is 3.97. The van der Waals surface area contributed by atoms with Crippen molar-refractivity contribution >= 4 is 34.3 Å². The summed E-state index contributed by atoms with van der Waals surface area (Å²) in [5.74, 6) is 1.03. The molecule has 0 spiro atoms. The van der Waals surface area contributed by atoms with Crippen molar-refractivity contribution in [1.29, 1.82) is 0 Å². The van der Waals surface area contributed by atoms with E-state index >= 15 is 0 Å². The number of nitrogens with zero attached hydrogens (tertiary/aromatic N) is 3. The molecule has 1 aromatic heterocycles. The van der Waals surface area contributed by atoms with Gasteiger partial charge in [0, 0.05) is 35.9 Å². The quantitative estimate of drug-likeness (QED) is 0.644. The fraction of sp³-hybridized carbons (Fsp3) is 0.400. The number of hydrogen-bond donors (Lipinski definition) is 0. The zero-order chi connectivity index (χ0) is 18.3. The van der Waals surface area contributed by atoms with Crippen LogP contribution >= 0.6 is 22.6 Å². The lowest BCUT2D eigenvalue weighted by molar-refractivity contribution is 0.0742. The molecule has 0 bridgehead atoms. The van der Waals surface area contributed by atoms with Crippen molar-refractivity contribution in [2.45, 2.75) is 25.7 Å². The van der Waals surface area contributed by atoms with Crippen molar-refractivity contribution in [1.82, 2.24) is 9.88 Å². The number of hydrogen-bond acceptors (Lipinski definition) is 3. The van der Waals surface area contributed by atoms with Gasteiger partial charge >= 0.3 is 0 Å². The van der Waals surface area contributed by atoms with Crippen LogP contribution in [-0.4, -0.2) is 42.0 Å². The van der Waals surface area contributed by atoms with Gasteiger partial charge in [-0.1, -0.05) is 6.07 Å². The molecule has 4 rings (SSSR count). The molecule has 2 fully saturated rings. The third-order valence-electron chi connectivity index (χ3n) is 5.15. The van der Waals surface area contributed by atoms with Gasteiger partial charge in [-0.3, -0.25) is 4.79 Å². The summed E-state index contributed by atoms with van der Waals surface area (Å²) >= 11 is 2.04. The van der Waals surface area contributed by atoms with Crippen LogP contribution in [-0.2, 0) is 0 Å². The van der Waals surface area contributed by atoms with Crippen molar-refractivity contribution < 1.29 is 9.18 Å². The van der Waals surface area contributed by atoms with Crippen LogP contribution in [0.15, 0.2) is 30.5 Å². The van der Waals surface area contributed by atoms with Gasteiger partial charge < -0.3 is 9.80 Å². The van der Waals surface area contributed by atoms with E-state index < -0.39 is 5.82 Å². The minimum atomic E-state index is -0.447. The number of amides is 1. The number of carbonyl (C=O) groups is 1. The summed E-state index contributed by atoms with van der Waals surface area (Å²) in [6, 6.07) is 6.99. The average Bonchev–Trinajstić information content (AvgIpc) is 3.46. The molecule has 0 radical (unpaired) electrons. The van der Waals surface area contributed by atoms with E-state index in [1.54, 1.807) is 17.0 Å². The fourth-order valence-electron chi connectivity index (χ4n) is 3.51. The highest BCUT2D eigenvalue weighted by molar-refractivity contribution is 14.1. The maximum Gasteiger partial charge on any atom is 0.256 e. The zero-order valence-corrected chi connectivity index (χ0v) is 16.9. The molecule has 1 aliphatic heterocycles. The maximum absolute atomic E-state index is 14.1. The number of anilines is 1. The summed E-state index contributed by atoms with van der Waals surface area (Å²) in [5, 5.41) is 0. The van der Waals surface area contributed by atoms with Crippen LogP contribution in [0.4, 0.5) is 10.2 Å². The maximum atomic E-state index is 14.1. The number of halogens is 2. The largest absolute Gasteiger partial charge is 0.353 e. The molecule has 6 heteroatoms. The third kappa shape index (κ3) is 3.56. The van der Waals surface area contributed by atoms with Gasteiger partial charge in [0.15, 0.2) is 0 Å². The minimum absolute atomic E-state index is 0.155. The Morgan fingerprint density at radius 1 is 1.19 bits per heavy atom. The second kappa shape index (κ2) is 7.13. The van der Waals surface area contributed by atoms with Gasteiger partial charge in [-0.2, -0.15) is 0 Å². The van der Waals surface area contributed by atoms with Crippen LogP contribution in [0.5, 0.6) is 0 Å². The van der Waals surface area contributed by atoms with Gasteiger partial charge in [0.05, 0.1) is 5.56 Å². The SMILES string of the molecule is Cc1cc(C2CC2)cnc1N1CCN(C(=O)c2ccc(I)cc2F)CC1. The van der Waals surface area contributed by atoms with Crippen LogP contribution in [0.25, 0.3) is 0 Å². The normalized spacial score (nSPS) is 17.5. The number of rotatable bonds is 3. The van der Waals surface area contributed by atoms with Gasteiger partial charge in [0.1, 0.15) is 11.6 Å². The second-order valence-electron chi connectivity index (χ2n) is 7.09. The lowest BCUT2D eigenvalue weighted by atomic mass is 10.1. The molecule has 4 nitrogen and oxygen atoms in total. The molecule has 1 amide bonds. The second-order valence-corrected chi connectivity index (χ2v) is 8.33. The molecule has 1 aliphatic carbocycles. The lowest BCUT2D eigenvalue weighted by Crippen LogP contribution is -2.49. The third-order valence-corrected chi connectivity index (χ3v) is 5.82. The first kappa shape index (κ1) is 17.7. The molecule has 0 atom stereocenters. The highest BCUT2D eigenvalue weighted by Gasteiger charge is 2.27. The lowest BCUT2D eigenvalue weighted by Gasteiger charge is -2.36. The number of aromatic nitrogens is 1. The molecule has 136 valence electrons. The molecule has 26 heavy (non-hydrogen) atoms. The number of aryl methyl sites for hydroxylation is 1. The summed E-state index contributed by atoms with van der Waals surface area (Å²) in [4.78, 5) is 21.2.